The molecule has 0 aliphatic carbocycles. The molecule has 0 spiro atoms. The van der Waals surface area contributed by atoms with Crippen LogP contribution in [0, 0.1) is 0 Å². The number of likely N-dealkylation sites (tertiary alicyclic amines) is 1. The highest BCUT2D eigenvalue weighted by molar-refractivity contribution is 6.02. The van der Waals surface area contributed by atoms with Crippen molar-refractivity contribution < 1.29 is 8.78 Å². The highest BCUT2D eigenvalue weighted by Crippen LogP contribution is 2.23. The Kier molecular flexibility index (Phi) is 14.3. The first-order chi connectivity index (χ1) is 18.1. The Bertz CT molecular complexity index is 984. The van der Waals surface area contributed by atoms with Crippen molar-refractivity contribution in [1.82, 2.24) is 19.9 Å². The summed E-state index contributed by atoms with van der Waals surface area (Å²) in [5.41, 5.74) is 13.4. The first-order valence-corrected chi connectivity index (χ1v) is 13.2. The summed E-state index contributed by atoms with van der Waals surface area (Å²) in [4.78, 5) is 6.58. The van der Waals surface area contributed by atoms with E-state index in [0.29, 0.717) is 17.7 Å². The fraction of sp³-hybridized carbons (Fsp3) is 0.538. The van der Waals surface area contributed by atoms with Crippen LogP contribution in [0.15, 0.2) is 47.4 Å². The van der Waals surface area contributed by atoms with Crippen LogP contribution in [0.2, 0.25) is 0 Å². The largest absolute Gasteiger partial charge is 0.397 e. The number of pyridine rings is 1. The Hall–Kier alpha value is -3.22. The number of nitrogens with zero attached hydrogens (tertiary/aromatic N) is 5. The summed E-state index contributed by atoms with van der Waals surface area (Å²) in [5, 5.41) is 6.18. The summed E-state index contributed by atoms with van der Waals surface area (Å²) in [6, 6.07) is 0.521. The van der Waals surface area contributed by atoms with Crippen LogP contribution in [0.5, 0.6) is 0 Å². The van der Waals surface area contributed by atoms with E-state index in [-0.39, 0.29) is 23.3 Å². The molecule has 0 aromatic carbocycles. The molecule has 0 bridgehead atoms. The maximum Gasteiger partial charge on any atom is 0.173 e. The van der Waals surface area contributed by atoms with Crippen LogP contribution < -0.4 is 29.0 Å². The molecule has 1 aliphatic heterocycles. The lowest BCUT2D eigenvalue weighted by atomic mass is 10.0. The molecule has 0 amide bonds. The summed E-state index contributed by atoms with van der Waals surface area (Å²) in [6.45, 7) is 12.4. The quantitative estimate of drug-likeness (QED) is 0.0991. The second-order valence-corrected chi connectivity index (χ2v) is 8.80. The summed E-state index contributed by atoms with van der Waals surface area (Å²) in [7, 11) is 0. The smallest absolute Gasteiger partial charge is 0.173 e. The number of amidine groups is 1. The van der Waals surface area contributed by atoms with E-state index in [1.54, 1.807) is 17.3 Å². The zero-order chi connectivity index (χ0) is 28.8. The molecular weight excluding hydrogens is 490 g/mol. The molecule has 12 heteroatoms. The van der Waals surface area contributed by atoms with Crippen LogP contribution in [-0.2, 0) is 0 Å². The van der Waals surface area contributed by atoms with Gasteiger partial charge < -0.3 is 27.2 Å². The minimum Gasteiger partial charge on any atom is -0.397 e. The number of nitrogens with two attached hydrogens (primary N) is 5. The molecular formula is C26H46F2N10. The predicted molar refractivity (Wildman–Crippen MR) is 153 cm³/mol. The molecule has 10 N–H and O–H groups in total. The molecule has 0 radical (unpaired) electrons. The Balaban J connectivity index is 0.00000352. The molecule has 10 nitrogen and oxygen atoms in total. The third-order valence-corrected chi connectivity index (χ3v) is 6.18. The van der Waals surface area contributed by atoms with Crippen LogP contribution in [-0.4, -0.2) is 57.5 Å². The normalized spacial score (nSPS) is 17.1. The number of hydrogen-bond donors (Lipinski definition) is 5. The number of halogens is 2. The topological polar surface area (TPSA) is 165 Å². The SMILES string of the molecule is CC.CC/C=C\C(F)=C(\F)C(C)N(N)/C(=N\N)c1cc(/C(N)=C/N(N)C2CCN(CCC)CC2)cnc1N. The number of allylic oxidation sites excluding steroid dienone is 3. The molecule has 1 atom stereocenters. The van der Waals surface area contributed by atoms with Crippen LogP contribution in [0.3, 0.4) is 0 Å². The highest BCUT2D eigenvalue weighted by atomic mass is 19.2. The lowest BCUT2D eigenvalue weighted by Gasteiger charge is -2.35. The summed E-state index contributed by atoms with van der Waals surface area (Å²) >= 11 is 0. The second kappa shape index (κ2) is 16.6. The van der Waals surface area contributed by atoms with E-state index in [2.05, 4.69) is 21.9 Å². The fourth-order valence-electron chi connectivity index (χ4n) is 3.99. The number of hydrogen-bond acceptors (Lipinski definition) is 9. The monoisotopic (exact) mass is 536 g/mol. The maximum atomic E-state index is 14.6. The minimum atomic E-state index is -1.22. The van der Waals surface area contributed by atoms with E-state index in [4.69, 9.17) is 29.0 Å². The van der Waals surface area contributed by atoms with E-state index >= 15 is 0 Å². The molecule has 1 fully saturated rings. The van der Waals surface area contributed by atoms with Crippen LogP contribution >= 0.6 is 0 Å². The first kappa shape index (κ1) is 32.8. The maximum absolute atomic E-state index is 14.6. The van der Waals surface area contributed by atoms with Gasteiger partial charge in [-0.2, -0.15) is 5.10 Å². The van der Waals surface area contributed by atoms with Gasteiger partial charge in [0.1, 0.15) is 5.82 Å². The van der Waals surface area contributed by atoms with Gasteiger partial charge in [0.25, 0.3) is 0 Å². The molecule has 0 saturated carbocycles. The standard InChI is InChI=1S/C24H40F2N10.C2H6/c1-4-6-7-20(25)22(26)16(3)36(31)24(33-29)19-13-17(14-32-23(19)28)21(27)15-35(30)18-8-11-34(10-5-2)12-9-18;1-2/h6-7,13-16,18H,4-5,8-12,27,29-31H2,1-3H3,(H2,28,32);1-2H3/b7-6-,21-15-,22-20-,33-24-;. The van der Waals surface area contributed by atoms with Crippen molar-refractivity contribution in [2.24, 2.45) is 28.4 Å². The van der Waals surface area contributed by atoms with Gasteiger partial charge in [0.05, 0.1) is 17.3 Å². The van der Waals surface area contributed by atoms with E-state index in [1.165, 1.54) is 19.2 Å². The number of aromatic nitrogens is 1. The molecule has 2 rings (SSSR count). The zero-order valence-electron chi connectivity index (χ0n) is 23.4. The Labute approximate surface area is 225 Å². The van der Waals surface area contributed by atoms with Crippen molar-refractivity contribution in [3.8, 4) is 0 Å². The Morgan fingerprint density at radius 1 is 1.24 bits per heavy atom. The van der Waals surface area contributed by atoms with Crippen LogP contribution in [0.1, 0.15) is 71.4 Å². The number of anilines is 1. The van der Waals surface area contributed by atoms with E-state index in [9.17, 15) is 8.78 Å². The van der Waals surface area contributed by atoms with Crippen molar-refractivity contribution in [2.75, 3.05) is 25.4 Å². The van der Waals surface area contributed by atoms with Gasteiger partial charge in [0.15, 0.2) is 17.5 Å². The fourth-order valence-corrected chi connectivity index (χ4v) is 3.99. The summed E-state index contributed by atoms with van der Waals surface area (Å²) in [5.74, 6) is 15.8. The average Bonchev–Trinajstić information content (AvgIpc) is 2.93. The average molecular weight is 537 g/mol. The predicted octanol–water partition coefficient (Wildman–Crippen LogP) is 3.30. The van der Waals surface area contributed by atoms with Crippen molar-refractivity contribution in [3.05, 3.63) is 53.4 Å². The molecule has 1 saturated heterocycles. The van der Waals surface area contributed by atoms with Gasteiger partial charge >= 0.3 is 0 Å². The molecule has 38 heavy (non-hydrogen) atoms. The molecule has 1 aromatic rings. The van der Waals surface area contributed by atoms with Gasteiger partial charge in [-0.05, 0) is 51.3 Å². The van der Waals surface area contributed by atoms with Crippen LogP contribution in [0.4, 0.5) is 14.6 Å². The van der Waals surface area contributed by atoms with Crippen molar-refractivity contribution in [1.29, 1.82) is 0 Å². The highest BCUT2D eigenvalue weighted by Gasteiger charge is 2.25. The minimum absolute atomic E-state index is 0.0436. The lowest BCUT2D eigenvalue weighted by molar-refractivity contribution is 0.142. The lowest BCUT2D eigenvalue weighted by Crippen LogP contribution is -2.46. The zero-order valence-corrected chi connectivity index (χ0v) is 23.4. The summed E-state index contributed by atoms with van der Waals surface area (Å²) in [6.07, 6.45) is 9.21. The van der Waals surface area contributed by atoms with E-state index < -0.39 is 17.7 Å². The van der Waals surface area contributed by atoms with Gasteiger partial charge in [-0.25, -0.2) is 25.5 Å². The van der Waals surface area contributed by atoms with Gasteiger partial charge in [-0.15, -0.1) is 0 Å². The van der Waals surface area contributed by atoms with Crippen molar-refractivity contribution in [2.45, 2.75) is 72.4 Å². The van der Waals surface area contributed by atoms with Crippen molar-refractivity contribution in [3.63, 3.8) is 0 Å². The number of rotatable bonds is 10. The second-order valence-electron chi connectivity index (χ2n) is 8.80. The summed E-state index contributed by atoms with van der Waals surface area (Å²) < 4.78 is 28.7. The Morgan fingerprint density at radius 3 is 2.42 bits per heavy atom. The molecule has 1 unspecified atom stereocenters. The van der Waals surface area contributed by atoms with Gasteiger partial charge in [0, 0.05) is 37.1 Å². The number of hydrazone groups is 1. The molecule has 1 aliphatic rings. The number of nitrogen functional groups attached to an aromatic ring is 1. The van der Waals surface area contributed by atoms with E-state index in [0.717, 1.165) is 50.0 Å². The molecule has 214 valence electrons. The van der Waals surface area contributed by atoms with Gasteiger partial charge in [-0.1, -0.05) is 33.8 Å². The Morgan fingerprint density at radius 2 is 1.87 bits per heavy atom. The third-order valence-electron chi connectivity index (χ3n) is 6.18. The van der Waals surface area contributed by atoms with Gasteiger partial charge in [0.2, 0.25) is 0 Å². The van der Waals surface area contributed by atoms with Crippen molar-refractivity contribution >= 4 is 17.4 Å². The third kappa shape index (κ3) is 8.96. The van der Waals surface area contributed by atoms with E-state index in [1.807, 2.05) is 20.8 Å². The molecule has 1 aromatic heterocycles. The van der Waals surface area contributed by atoms with Crippen LogP contribution in [0.25, 0.3) is 5.70 Å². The molecule has 2 heterocycles. The number of piperidine rings is 1. The first-order valence-electron chi connectivity index (χ1n) is 13.2. The van der Waals surface area contributed by atoms with Gasteiger partial charge in [-0.3, -0.25) is 5.01 Å². The number of hydrazine groups is 2.